The molecule has 1 aromatic carbocycles. The minimum absolute atomic E-state index is 0.438. The Morgan fingerprint density at radius 2 is 2.07 bits per heavy atom. The van der Waals surface area contributed by atoms with Crippen LogP contribution in [0, 0.1) is 12.3 Å². The summed E-state index contributed by atoms with van der Waals surface area (Å²) in [5.74, 6) is -0.638. The maximum absolute atomic E-state index is 11.0. The van der Waals surface area contributed by atoms with Crippen LogP contribution in [0.4, 0.5) is 0 Å². The molecule has 1 aliphatic rings. The van der Waals surface area contributed by atoms with Crippen molar-refractivity contribution in [2.24, 2.45) is 5.41 Å². The molecule has 74 valence electrons. The molecule has 2 nitrogen and oxygen atoms in total. The SMILES string of the molecule is Cc1ccccc1CC1(C(=O)O)CC1. The predicted octanol–water partition coefficient (Wildman–Crippen LogP) is 2.40. The number of benzene rings is 1. The summed E-state index contributed by atoms with van der Waals surface area (Å²) in [6.45, 7) is 2.03. The second-order valence-electron chi connectivity index (χ2n) is 4.19. The molecule has 0 atom stereocenters. The first-order chi connectivity index (χ1) is 6.64. The lowest BCUT2D eigenvalue weighted by molar-refractivity contribution is -0.143. The van der Waals surface area contributed by atoms with Crippen LogP contribution in [0.5, 0.6) is 0 Å². The molecule has 14 heavy (non-hydrogen) atoms. The first kappa shape index (κ1) is 9.25. The molecule has 0 aromatic heterocycles. The van der Waals surface area contributed by atoms with Crippen molar-refractivity contribution in [3.8, 4) is 0 Å². The van der Waals surface area contributed by atoms with Crippen LogP contribution in [0.3, 0.4) is 0 Å². The van der Waals surface area contributed by atoms with Crippen molar-refractivity contribution in [3.63, 3.8) is 0 Å². The van der Waals surface area contributed by atoms with Crippen molar-refractivity contribution >= 4 is 5.97 Å². The molecular weight excluding hydrogens is 176 g/mol. The van der Waals surface area contributed by atoms with Gasteiger partial charge in [0.15, 0.2) is 0 Å². The number of carboxylic acid groups (broad SMARTS) is 1. The summed E-state index contributed by atoms with van der Waals surface area (Å²) in [6, 6.07) is 8.02. The highest BCUT2D eigenvalue weighted by atomic mass is 16.4. The maximum atomic E-state index is 11.0. The van der Waals surface area contributed by atoms with E-state index in [-0.39, 0.29) is 0 Å². The zero-order chi connectivity index (χ0) is 10.2. The molecule has 1 fully saturated rings. The first-order valence-electron chi connectivity index (χ1n) is 4.92. The van der Waals surface area contributed by atoms with Gasteiger partial charge in [-0.05, 0) is 37.3 Å². The Morgan fingerprint density at radius 3 is 2.57 bits per heavy atom. The highest BCUT2D eigenvalue weighted by Crippen LogP contribution is 2.48. The minimum Gasteiger partial charge on any atom is -0.481 e. The van der Waals surface area contributed by atoms with Crippen LogP contribution in [0.15, 0.2) is 24.3 Å². The third-order valence-corrected chi connectivity index (χ3v) is 3.10. The lowest BCUT2D eigenvalue weighted by Crippen LogP contribution is -2.17. The third kappa shape index (κ3) is 1.52. The summed E-state index contributed by atoms with van der Waals surface area (Å²) in [7, 11) is 0. The molecule has 1 aliphatic carbocycles. The number of rotatable bonds is 3. The number of carboxylic acids is 1. The van der Waals surface area contributed by atoms with Crippen molar-refractivity contribution in [3.05, 3.63) is 35.4 Å². The normalized spacial score (nSPS) is 17.8. The first-order valence-corrected chi connectivity index (χ1v) is 4.92. The molecule has 0 unspecified atom stereocenters. The molecule has 2 rings (SSSR count). The van der Waals surface area contributed by atoms with Gasteiger partial charge in [0.25, 0.3) is 0 Å². The molecule has 1 saturated carbocycles. The van der Waals surface area contributed by atoms with Gasteiger partial charge in [0.1, 0.15) is 0 Å². The van der Waals surface area contributed by atoms with Gasteiger partial charge in [-0.3, -0.25) is 4.79 Å². The molecule has 0 bridgehead atoms. The van der Waals surface area contributed by atoms with Crippen LogP contribution in [-0.4, -0.2) is 11.1 Å². The van der Waals surface area contributed by atoms with E-state index in [4.69, 9.17) is 5.11 Å². The van der Waals surface area contributed by atoms with Crippen LogP contribution in [-0.2, 0) is 11.2 Å². The average molecular weight is 190 g/mol. The van der Waals surface area contributed by atoms with E-state index in [2.05, 4.69) is 0 Å². The van der Waals surface area contributed by atoms with E-state index < -0.39 is 11.4 Å². The van der Waals surface area contributed by atoms with Gasteiger partial charge in [-0.25, -0.2) is 0 Å². The van der Waals surface area contributed by atoms with Crippen molar-refractivity contribution in [2.45, 2.75) is 26.2 Å². The van der Waals surface area contributed by atoms with E-state index in [9.17, 15) is 4.79 Å². The predicted molar refractivity (Wildman–Crippen MR) is 54.2 cm³/mol. The smallest absolute Gasteiger partial charge is 0.309 e. The molecule has 1 aromatic rings. The highest BCUT2D eigenvalue weighted by molar-refractivity contribution is 5.78. The van der Waals surface area contributed by atoms with Crippen LogP contribution in [0.1, 0.15) is 24.0 Å². The summed E-state index contributed by atoms with van der Waals surface area (Å²) < 4.78 is 0. The fourth-order valence-electron chi connectivity index (χ4n) is 1.79. The van der Waals surface area contributed by atoms with E-state index in [1.807, 2.05) is 31.2 Å². The highest BCUT2D eigenvalue weighted by Gasteiger charge is 2.50. The number of aryl methyl sites for hydroxylation is 1. The van der Waals surface area contributed by atoms with Crippen molar-refractivity contribution in [1.29, 1.82) is 0 Å². The van der Waals surface area contributed by atoms with E-state index in [0.29, 0.717) is 6.42 Å². The quantitative estimate of drug-likeness (QED) is 0.794. The second-order valence-corrected chi connectivity index (χ2v) is 4.19. The van der Waals surface area contributed by atoms with Gasteiger partial charge in [-0.2, -0.15) is 0 Å². The number of hydrogen-bond acceptors (Lipinski definition) is 1. The molecule has 0 amide bonds. The monoisotopic (exact) mass is 190 g/mol. The lowest BCUT2D eigenvalue weighted by Gasteiger charge is -2.11. The summed E-state index contributed by atoms with van der Waals surface area (Å²) in [5.41, 5.74) is 1.93. The van der Waals surface area contributed by atoms with E-state index in [1.165, 1.54) is 11.1 Å². The zero-order valence-corrected chi connectivity index (χ0v) is 8.29. The van der Waals surface area contributed by atoms with Gasteiger partial charge in [0, 0.05) is 0 Å². The Kier molecular flexibility index (Phi) is 2.06. The Bertz CT molecular complexity index is 364. The van der Waals surface area contributed by atoms with Crippen molar-refractivity contribution < 1.29 is 9.90 Å². The molecule has 0 aliphatic heterocycles. The van der Waals surface area contributed by atoms with Crippen LogP contribution in [0.25, 0.3) is 0 Å². The third-order valence-electron chi connectivity index (χ3n) is 3.10. The topological polar surface area (TPSA) is 37.3 Å². The lowest BCUT2D eigenvalue weighted by atomic mass is 9.94. The number of hydrogen-bond donors (Lipinski definition) is 1. The molecule has 0 spiro atoms. The van der Waals surface area contributed by atoms with Gasteiger partial charge >= 0.3 is 5.97 Å². The standard InChI is InChI=1S/C12H14O2/c1-9-4-2-3-5-10(9)8-12(6-7-12)11(13)14/h2-5H,6-8H2,1H3,(H,13,14). The molecule has 2 heteroatoms. The molecular formula is C12H14O2. The number of carbonyl (C=O) groups is 1. The summed E-state index contributed by atoms with van der Waals surface area (Å²) in [5, 5.41) is 9.06. The molecule has 0 radical (unpaired) electrons. The molecule has 0 heterocycles. The summed E-state index contributed by atoms with van der Waals surface area (Å²) in [6.07, 6.45) is 2.35. The van der Waals surface area contributed by atoms with Crippen LogP contribution in [0.2, 0.25) is 0 Å². The summed E-state index contributed by atoms with van der Waals surface area (Å²) in [4.78, 5) is 11.0. The van der Waals surface area contributed by atoms with Crippen molar-refractivity contribution in [1.82, 2.24) is 0 Å². The van der Waals surface area contributed by atoms with Crippen LogP contribution < -0.4 is 0 Å². The van der Waals surface area contributed by atoms with E-state index in [0.717, 1.165) is 12.8 Å². The second kappa shape index (κ2) is 3.12. The van der Waals surface area contributed by atoms with Crippen molar-refractivity contribution in [2.75, 3.05) is 0 Å². The Balaban J connectivity index is 2.19. The maximum Gasteiger partial charge on any atom is 0.309 e. The van der Waals surface area contributed by atoms with E-state index >= 15 is 0 Å². The Hall–Kier alpha value is -1.31. The van der Waals surface area contributed by atoms with Gasteiger partial charge in [-0.1, -0.05) is 24.3 Å². The van der Waals surface area contributed by atoms with Gasteiger partial charge in [0.2, 0.25) is 0 Å². The molecule has 1 N–H and O–H groups in total. The van der Waals surface area contributed by atoms with Crippen LogP contribution >= 0.6 is 0 Å². The number of aliphatic carboxylic acids is 1. The fraction of sp³-hybridized carbons (Fsp3) is 0.417. The fourth-order valence-corrected chi connectivity index (χ4v) is 1.79. The minimum atomic E-state index is -0.638. The zero-order valence-electron chi connectivity index (χ0n) is 8.29. The Labute approximate surface area is 83.6 Å². The Morgan fingerprint density at radius 1 is 1.43 bits per heavy atom. The largest absolute Gasteiger partial charge is 0.481 e. The summed E-state index contributed by atoms with van der Waals surface area (Å²) >= 11 is 0. The van der Waals surface area contributed by atoms with E-state index in [1.54, 1.807) is 0 Å². The molecule has 0 saturated heterocycles. The average Bonchev–Trinajstić information content (AvgIpc) is 2.90. The van der Waals surface area contributed by atoms with Gasteiger partial charge < -0.3 is 5.11 Å². The van der Waals surface area contributed by atoms with Gasteiger partial charge in [0.05, 0.1) is 5.41 Å². The van der Waals surface area contributed by atoms with Gasteiger partial charge in [-0.15, -0.1) is 0 Å².